The van der Waals surface area contributed by atoms with E-state index >= 15 is 0 Å². The highest BCUT2D eigenvalue weighted by Crippen LogP contribution is 2.24. The van der Waals surface area contributed by atoms with Crippen molar-refractivity contribution in [2.45, 2.75) is 40.2 Å². The average Bonchev–Trinajstić information content (AvgIpc) is 2.76. The Morgan fingerprint density at radius 2 is 1.95 bits per heavy atom. The second-order valence-corrected chi connectivity index (χ2v) is 4.87. The number of hydrogen-bond donors (Lipinski definition) is 1. The van der Waals surface area contributed by atoms with Crippen LogP contribution in [-0.2, 0) is 19.1 Å². The van der Waals surface area contributed by atoms with Crippen LogP contribution >= 0.6 is 0 Å². The number of nitrogens with zero attached hydrogens (tertiary/aromatic N) is 2. The number of amides is 1. The molecule has 0 bridgehead atoms. The maximum Gasteiger partial charge on any atom is 0.358 e. The van der Waals surface area contributed by atoms with Gasteiger partial charge in [-0.05, 0) is 27.7 Å². The first kappa shape index (κ1) is 17.7. The van der Waals surface area contributed by atoms with Crippen LogP contribution in [0.4, 0.5) is 5.69 Å². The van der Waals surface area contributed by atoms with E-state index in [0.29, 0.717) is 5.69 Å². The first-order valence-electron chi connectivity index (χ1n) is 6.94. The Labute approximate surface area is 128 Å². The first-order valence-corrected chi connectivity index (χ1v) is 6.94. The quantitative estimate of drug-likeness (QED) is 0.630. The van der Waals surface area contributed by atoms with Crippen molar-refractivity contribution in [3.8, 4) is 0 Å². The predicted octanol–water partition coefficient (Wildman–Crippen LogP) is 1.45. The van der Waals surface area contributed by atoms with Crippen LogP contribution in [0.1, 0.15) is 49.4 Å². The molecule has 0 unspecified atom stereocenters. The summed E-state index contributed by atoms with van der Waals surface area (Å²) in [4.78, 5) is 35.1. The van der Waals surface area contributed by atoms with Gasteiger partial charge in [-0.25, -0.2) is 4.79 Å². The number of carbonyl (C=O) groups is 3. The van der Waals surface area contributed by atoms with E-state index in [4.69, 9.17) is 4.74 Å². The molecule has 0 aliphatic carbocycles. The van der Waals surface area contributed by atoms with E-state index in [-0.39, 0.29) is 24.0 Å². The molecule has 1 aromatic heterocycles. The third-order valence-electron chi connectivity index (χ3n) is 2.84. The van der Waals surface area contributed by atoms with Crippen LogP contribution in [0.5, 0.6) is 0 Å². The summed E-state index contributed by atoms with van der Waals surface area (Å²) in [7, 11) is 1.20. The minimum absolute atomic E-state index is 0.0932. The fourth-order valence-corrected chi connectivity index (χ4v) is 1.85. The van der Waals surface area contributed by atoms with Crippen LogP contribution in [0.3, 0.4) is 0 Å². The lowest BCUT2D eigenvalue weighted by Crippen LogP contribution is -2.21. The molecular formula is C14H21N3O5. The summed E-state index contributed by atoms with van der Waals surface area (Å²) in [6.45, 7) is 7.27. The van der Waals surface area contributed by atoms with Crippen LogP contribution in [0.15, 0.2) is 0 Å². The van der Waals surface area contributed by atoms with Gasteiger partial charge in [0.25, 0.3) is 0 Å². The van der Waals surface area contributed by atoms with Crippen molar-refractivity contribution in [3.05, 3.63) is 11.4 Å². The average molecular weight is 311 g/mol. The number of esters is 2. The molecule has 0 saturated carbocycles. The van der Waals surface area contributed by atoms with E-state index in [2.05, 4.69) is 15.2 Å². The normalized spacial score (nSPS) is 10.5. The molecule has 1 N–H and O–H groups in total. The summed E-state index contributed by atoms with van der Waals surface area (Å²) in [5, 5.41) is 6.79. The molecular weight excluding hydrogens is 290 g/mol. The third kappa shape index (κ3) is 4.06. The van der Waals surface area contributed by atoms with Crippen molar-refractivity contribution in [2.75, 3.05) is 19.0 Å². The van der Waals surface area contributed by atoms with Crippen LogP contribution in [-0.4, -0.2) is 41.3 Å². The van der Waals surface area contributed by atoms with Gasteiger partial charge in [-0.2, -0.15) is 5.10 Å². The minimum atomic E-state index is -0.663. The number of nitrogens with one attached hydrogen (secondary N) is 1. The number of anilines is 1. The molecule has 0 aliphatic heterocycles. The zero-order valence-electron chi connectivity index (χ0n) is 13.4. The summed E-state index contributed by atoms with van der Waals surface area (Å²) in [6.07, 6.45) is -0.439. The lowest BCUT2D eigenvalue weighted by Gasteiger charge is -2.12. The van der Waals surface area contributed by atoms with Crippen molar-refractivity contribution >= 4 is 23.5 Å². The van der Waals surface area contributed by atoms with Crippen molar-refractivity contribution < 1.29 is 23.9 Å². The maximum atomic E-state index is 12.1. The van der Waals surface area contributed by atoms with E-state index in [9.17, 15) is 14.4 Å². The number of hydrogen-bond acceptors (Lipinski definition) is 6. The monoisotopic (exact) mass is 311 g/mol. The zero-order chi connectivity index (χ0) is 16.9. The van der Waals surface area contributed by atoms with Crippen LogP contribution in [0.2, 0.25) is 0 Å². The fourth-order valence-electron chi connectivity index (χ4n) is 1.85. The first-order chi connectivity index (χ1) is 10.3. The number of aryl methyl sites for hydroxylation is 1. The second kappa shape index (κ2) is 7.58. The van der Waals surface area contributed by atoms with Gasteiger partial charge in [0.2, 0.25) is 5.91 Å². The fraction of sp³-hybridized carbons (Fsp3) is 0.571. The third-order valence-corrected chi connectivity index (χ3v) is 2.84. The maximum absolute atomic E-state index is 12.1. The van der Waals surface area contributed by atoms with Gasteiger partial charge in [-0.3, -0.25) is 14.3 Å². The smallest absolute Gasteiger partial charge is 0.358 e. The number of ether oxygens (including phenoxy) is 2. The van der Waals surface area contributed by atoms with Crippen molar-refractivity contribution in [1.29, 1.82) is 0 Å². The Morgan fingerprint density at radius 1 is 1.32 bits per heavy atom. The van der Waals surface area contributed by atoms with E-state index in [1.54, 1.807) is 13.8 Å². The molecule has 0 fully saturated rings. The van der Waals surface area contributed by atoms with Gasteiger partial charge in [0.05, 0.1) is 25.1 Å². The molecule has 1 aromatic rings. The van der Waals surface area contributed by atoms with Crippen LogP contribution < -0.4 is 5.32 Å². The Kier molecular flexibility index (Phi) is 6.09. The number of rotatable bonds is 6. The molecule has 1 heterocycles. The summed E-state index contributed by atoms with van der Waals surface area (Å²) < 4.78 is 10.9. The topological polar surface area (TPSA) is 99.5 Å². The molecule has 22 heavy (non-hydrogen) atoms. The Bertz CT molecular complexity index is 577. The molecule has 0 atom stereocenters. The summed E-state index contributed by atoms with van der Waals surface area (Å²) in [5.74, 6) is -1.82. The molecule has 8 heteroatoms. The van der Waals surface area contributed by atoms with Gasteiger partial charge in [0.1, 0.15) is 6.42 Å². The summed E-state index contributed by atoms with van der Waals surface area (Å²) in [6, 6.07) is -0.0932. The predicted molar refractivity (Wildman–Crippen MR) is 78.6 cm³/mol. The number of methoxy groups -OCH3 is 1. The van der Waals surface area contributed by atoms with Gasteiger partial charge >= 0.3 is 11.9 Å². The number of carbonyl (C=O) groups excluding carboxylic acids is 3. The van der Waals surface area contributed by atoms with Gasteiger partial charge in [-0.1, -0.05) is 0 Å². The minimum Gasteiger partial charge on any atom is -0.469 e. The Balaban J connectivity index is 3.14. The lowest BCUT2D eigenvalue weighted by molar-refractivity contribution is -0.142. The van der Waals surface area contributed by atoms with E-state index in [0.717, 1.165) is 0 Å². The highest BCUT2D eigenvalue weighted by molar-refractivity contribution is 6.05. The summed E-state index contributed by atoms with van der Waals surface area (Å²) >= 11 is 0. The van der Waals surface area contributed by atoms with Crippen molar-refractivity contribution in [1.82, 2.24) is 9.78 Å². The standard InChI is InChI=1S/C14H21N3O5/c1-6-22-14(20)13-12(9(4)16-17(13)8(2)3)15-10(18)7-11(19)21-5/h8H,6-7H2,1-5H3,(H,15,18). The Hall–Kier alpha value is -2.38. The molecule has 1 amide bonds. The van der Waals surface area contributed by atoms with Gasteiger partial charge in [0, 0.05) is 6.04 Å². The molecule has 0 aliphatic rings. The molecule has 122 valence electrons. The summed E-state index contributed by atoms with van der Waals surface area (Å²) in [5.41, 5.74) is 0.878. The molecule has 1 rings (SSSR count). The molecule has 0 saturated heterocycles. The second-order valence-electron chi connectivity index (χ2n) is 4.87. The van der Waals surface area contributed by atoms with Crippen LogP contribution in [0, 0.1) is 6.92 Å². The van der Waals surface area contributed by atoms with Gasteiger partial charge < -0.3 is 14.8 Å². The molecule has 8 nitrogen and oxygen atoms in total. The molecule has 0 aromatic carbocycles. The van der Waals surface area contributed by atoms with E-state index in [1.807, 2.05) is 13.8 Å². The molecule has 0 spiro atoms. The zero-order valence-corrected chi connectivity index (χ0v) is 13.4. The van der Waals surface area contributed by atoms with Crippen molar-refractivity contribution in [3.63, 3.8) is 0 Å². The SMILES string of the molecule is CCOC(=O)c1c(NC(=O)CC(=O)OC)c(C)nn1C(C)C. The Morgan fingerprint density at radius 3 is 2.45 bits per heavy atom. The lowest BCUT2D eigenvalue weighted by atomic mass is 10.2. The van der Waals surface area contributed by atoms with E-state index < -0.39 is 24.3 Å². The largest absolute Gasteiger partial charge is 0.469 e. The van der Waals surface area contributed by atoms with Crippen molar-refractivity contribution in [2.24, 2.45) is 0 Å². The van der Waals surface area contributed by atoms with Crippen LogP contribution in [0.25, 0.3) is 0 Å². The van der Waals surface area contributed by atoms with E-state index in [1.165, 1.54) is 11.8 Å². The molecule has 0 radical (unpaired) electrons. The highest BCUT2D eigenvalue weighted by atomic mass is 16.5. The van der Waals surface area contributed by atoms with Gasteiger partial charge in [0.15, 0.2) is 5.69 Å². The number of aromatic nitrogens is 2. The van der Waals surface area contributed by atoms with Gasteiger partial charge in [-0.15, -0.1) is 0 Å². The highest BCUT2D eigenvalue weighted by Gasteiger charge is 2.26.